The third-order valence-electron chi connectivity index (χ3n) is 1.08. The molecule has 72 valence electrons. The van der Waals surface area contributed by atoms with Gasteiger partial charge in [-0.1, -0.05) is 0 Å². The summed E-state index contributed by atoms with van der Waals surface area (Å²) in [5, 5.41) is 7.07. The molecule has 0 aliphatic rings. The van der Waals surface area contributed by atoms with Crippen molar-refractivity contribution in [2.24, 2.45) is 5.73 Å². The number of hydrogen-bond acceptors (Lipinski definition) is 5. The fourth-order valence-corrected chi connectivity index (χ4v) is 0.990. The molecule has 0 aliphatic carbocycles. The van der Waals surface area contributed by atoms with Crippen LogP contribution < -0.4 is 5.73 Å². The minimum atomic E-state index is -3.95. The van der Waals surface area contributed by atoms with Crippen LogP contribution in [0.4, 0.5) is 0 Å². The first-order chi connectivity index (χ1) is 5.27. The van der Waals surface area contributed by atoms with E-state index in [1.807, 2.05) is 0 Å². The van der Waals surface area contributed by atoms with Crippen molar-refractivity contribution in [2.45, 2.75) is 25.3 Å². The van der Waals surface area contributed by atoms with Crippen molar-refractivity contribution in [3.63, 3.8) is 0 Å². The zero-order chi connectivity index (χ0) is 9.94. The van der Waals surface area contributed by atoms with E-state index in [-0.39, 0.29) is 0 Å². The summed E-state index contributed by atoms with van der Waals surface area (Å²) >= 11 is 0. The molecule has 0 amide bonds. The number of nitrogens with two attached hydrogens (primary N) is 1. The fraction of sp³-hybridized carbons (Fsp3) is 0.800. The van der Waals surface area contributed by atoms with Crippen LogP contribution in [0.5, 0.6) is 0 Å². The Morgan fingerprint density at radius 1 is 1.50 bits per heavy atom. The third kappa shape index (κ3) is 3.16. The van der Waals surface area contributed by atoms with Gasteiger partial charge in [0.2, 0.25) is 0 Å². The van der Waals surface area contributed by atoms with Gasteiger partial charge < -0.3 is 10.8 Å². The van der Waals surface area contributed by atoms with E-state index in [0.717, 1.165) is 6.92 Å². The fourth-order valence-electron chi connectivity index (χ4n) is 0.330. The van der Waals surface area contributed by atoms with E-state index in [1.54, 1.807) is 0 Å². The molecule has 0 aromatic carbocycles. The van der Waals surface area contributed by atoms with Gasteiger partial charge in [0.05, 0.1) is 0 Å². The predicted octanol–water partition coefficient (Wildman–Crippen LogP) is -0.889. The van der Waals surface area contributed by atoms with Crippen LogP contribution in [0.15, 0.2) is 0 Å². The SMILES string of the molecule is CC(OS(=O)(=O)C(C)N)C(=O)O. The molecule has 2 atom stereocenters. The maximum Gasteiger partial charge on any atom is 0.334 e. The van der Waals surface area contributed by atoms with E-state index in [9.17, 15) is 13.2 Å². The molecule has 0 saturated heterocycles. The summed E-state index contributed by atoms with van der Waals surface area (Å²) in [5.74, 6) is -1.35. The molecule has 0 rings (SSSR count). The van der Waals surface area contributed by atoms with Crippen LogP contribution in [-0.2, 0) is 19.1 Å². The lowest BCUT2D eigenvalue weighted by atomic mass is 10.4. The lowest BCUT2D eigenvalue weighted by Crippen LogP contribution is -2.33. The molecule has 7 heteroatoms. The minimum Gasteiger partial charge on any atom is -0.479 e. The topological polar surface area (TPSA) is 107 Å². The van der Waals surface area contributed by atoms with Crippen molar-refractivity contribution in [1.82, 2.24) is 0 Å². The maximum absolute atomic E-state index is 10.8. The lowest BCUT2D eigenvalue weighted by molar-refractivity contribution is -0.144. The summed E-state index contributed by atoms with van der Waals surface area (Å²) in [4.78, 5) is 10.2. The highest BCUT2D eigenvalue weighted by Crippen LogP contribution is 2.02. The van der Waals surface area contributed by atoms with Crippen molar-refractivity contribution in [1.29, 1.82) is 0 Å². The molecule has 12 heavy (non-hydrogen) atoms. The Balaban J connectivity index is 4.37. The highest BCUT2D eigenvalue weighted by molar-refractivity contribution is 7.87. The summed E-state index contributed by atoms with van der Waals surface area (Å²) in [6, 6.07) is 0. The van der Waals surface area contributed by atoms with Gasteiger partial charge in [-0.2, -0.15) is 8.42 Å². The molecule has 2 unspecified atom stereocenters. The Kier molecular flexibility index (Phi) is 3.62. The Morgan fingerprint density at radius 2 is 1.92 bits per heavy atom. The molecule has 0 radical (unpaired) electrons. The van der Waals surface area contributed by atoms with Gasteiger partial charge in [0.15, 0.2) is 6.10 Å². The summed E-state index contributed by atoms with van der Waals surface area (Å²) in [5.41, 5.74) is 5.01. The highest BCUT2D eigenvalue weighted by Gasteiger charge is 2.24. The van der Waals surface area contributed by atoms with Crippen LogP contribution in [0.1, 0.15) is 13.8 Å². The number of carbonyl (C=O) groups is 1. The van der Waals surface area contributed by atoms with E-state index in [1.165, 1.54) is 6.92 Å². The first-order valence-electron chi connectivity index (χ1n) is 3.18. The van der Waals surface area contributed by atoms with Gasteiger partial charge >= 0.3 is 5.97 Å². The molecule has 0 spiro atoms. The molecule has 3 N–H and O–H groups in total. The summed E-state index contributed by atoms with van der Waals surface area (Å²) in [6.07, 6.45) is -1.40. The zero-order valence-electron chi connectivity index (χ0n) is 6.72. The molecule has 0 heterocycles. The van der Waals surface area contributed by atoms with E-state index >= 15 is 0 Å². The molecular formula is C5H11NO5S. The molecule has 0 fully saturated rings. The highest BCUT2D eigenvalue weighted by atomic mass is 32.2. The largest absolute Gasteiger partial charge is 0.479 e. The second-order valence-corrected chi connectivity index (χ2v) is 4.20. The van der Waals surface area contributed by atoms with Crippen molar-refractivity contribution in [3.8, 4) is 0 Å². The standard InChI is InChI=1S/C5H11NO5S/c1-3(5(7)8)11-12(9,10)4(2)6/h3-4H,6H2,1-2H3,(H,7,8). The van der Waals surface area contributed by atoms with E-state index in [0.29, 0.717) is 0 Å². The lowest BCUT2D eigenvalue weighted by Gasteiger charge is -2.10. The van der Waals surface area contributed by atoms with Gasteiger partial charge in [0.25, 0.3) is 10.1 Å². The van der Waals surface area contributed by atoms with Crippen LogP contribution in [0.25, 0.3) is 0 Å². The molecule has 0 aromatic rings. The van der Waals surface area contributed by atoms with Gasteiger partial charge in [-0.05, 0) is 13.8 Å². The predicted molar refractivity (Wildman–Crippen MR) is 40.8 cm³/mol. The molecule has 0 aliphatic heterocycles. The number of aliphatic carboxylic acids is 1. The van der Waals surface area contributed by atoms with E-state index < -0.39 is 27.6 Å². The first kappa shape index (κ1) is 11.3. The average molecular weight is 197 g/mol. The summed E-state index contributed by atoms with van der Waals surface area (Å²) in [6.45, 7) is 2.31. The van der Waals surface area contributed by atoms with Crippen LogP contribution in [0.2, 0.25) is 0 Å². The van der Waals surface area contributed by atoms with Gasteiger partial charge in [-0.3, -0.25) is 4.18 Å². The maximum atomic E-state index is 10.8. The van der Waals surface area contributed by atoms with Crippen LogP contribution in [0, 0.1) is 0 Å². The second kappa shape index (κ2) is 3.83. The van der Waals surface area contributed by atoms with Gasteiger partial charge in [-0.25, -0.2) is 4.79 Å². The van der Waals surface area contributed by atoms with Crippen molar-refractivity contribution in [3.05, 3.63) is 0 Å². The molecule has 6 nitrogen and oxygen atoms in total. The summed E-state index contributed by atoms with van der Waals surface area (Å²) in [7, 11) is -3.95. The quantitative estimate of drug-likeness (QED) is 0.566. The van der Waals surface area contributed by atoms with Gasteiger partial charge in [0, 0.05) is 0 Å². The molecule has 0 saturated carbocycles. The van der Waals surface area contributed by atoms with Gasteiger partial charge in [0.1, 0.15) is 5.37 Å². The molecule has 0 bridgehead atoms. The smallest absolute Gasteiger partial charge is 0.334 e. The third-order valence-corrected chi connectivity index (χ3v) is 2.55. The zero-order valence-corrected chi connectivity index (χ0v) is 7.54. The normalized spacial score (nSPS) is 16.9. The van der Waals surface area contributed by atoms with Crippen molar-refractivity contribution >= 4 is 16.1 Å². The summed E-state index contributed by atoms with van der Waals surface area (Å²) < 4.78 is 25.9. The minimum absolute atomic E-state index is 1.11. The van der Waals surface area contributed by atoms with Gasteiger partial charge in [-0.15, -0.1) is 0 Å². The Morgan fingerprint density at radius 3 is 2.17 bits per heavy atom. The Labute approximate surface area is 70.4 Å². The monoisotopic (exact) mass is 197 g/mol. The van der Waals surface area contributed by atoms with Crippen LogP contribution in [-0.4, -0.2) is 31.0 Å². The van der Waals surface area contributed by atoms with E-state index in [4.69, 9.17) is 10.8 Å². The number of hydrogen-bond donors (Lipinski definition) is 2. The van der Waals surface area contributed by atoms with Crippen molar-refractivity contribution in [2.75, 3.05) is 0 Å². The average Bonchev–Trinajstić information content (AvgIpc) is 1.85. The number of rotatable bonds is 4. The van der Waals surface area contributed by atoms with E-state index in [2.05, 4.69) is 4.18 Å². The van der Waals surface area contributed by atoms with Crippen LogP contribution in [0.3, 0.4) is 0 Å². The Bertz CT molecular complexity index is 257. The molecule has 0 aromatic heterocycles. The number of carboxylic acids is 1. The number of carboxylic acid groups (broad SMARTS) is 1. The van der Waals surface area contributed by atoms with Crippen LogP contribution >= 0.6 is 0 Å². The second-order valence-electron chi connectivity index (χ2n) is 2.27. The first-order valence-corrected chi connectivity index (χ1v) is 4.65. The molecular weight excluding hydrogens is 186 g/mol. The van der Waals surface area contributed by atoms with Crippen molar-refractivity contribution < 1.29 is 22.5 Å². The Hall–Kier alpha value is -0.660.